The molecule has 0 spiro atoms. The van der Waals surface area contributed by atoms with Crippen molar-refractivity contribution in [3.05, 3.63) is 41.6 Å². The highest BCUT2D eigenvalue weighted by atomic mass is 35.5. The Hall–Kier alpha value is -1.56. The molecular formula is C15H18Cl2N4O. The second kappa shape index (κ2) is 7.63. The summed E-state index contributed by atoms with van der Waals surface area (Å²) in [6.07, 6.45) is 3.41. The number of anilines is 1. The maximum atomic E-state index is 12.3. The molecule has 1 aromatic carbocycles. The third kappa shape index (κ3) is 3.80. The highest BCUT2D eigenvalue weighted by Crippen LogP contribution is 2.20. The van der Waals surface area contributed by atoms with Gasteiger partial charge in [-0.05, 0) is 44.1 Å². The molecule has 1 amide bonds. The van der Waals surface area contributed by atoms with Gasteiger partial charge in [-0.2, -0.15) is 5.10 Å². The molecule has 0 aliphatic carbocycles. The van der Waals surface area contributed by atoms with E-state index in [1.807, 2.05) is 24.3 Å². The Labute approximate surface area is 140 Å². The monoisotopic (exact) mass is 340 g/mol. The van der Waals surface area contributed by atoms with Crippen LogP contribution >= 0.6 is 24.0 Å². The molecule has 118 valence electrons. The van der Waals surface area contributed by atoms with Crippen LogP contribution in [0.3, 0.4) is 0 Å². The van der Waals surface area contributed by atoms with Crippen molar-refractivity contribution in [1.29, 1.82) is 0 Å². The van der Waals surface area contributed by atoms with Crippen LogP contribution in [0, 0.1) is 5.92 Å². The molecule has 1 aromatic heterocycles. The van der Waals surface area contributed by atoms with Crippen molar-refractivity contribution < 1.29 is 4.79 Å². The number of halogens is 2. The molecule has 3 rings (SSSR count). The summed E-state index contributed by atoms with van der Waals surface area (Å²) in [5, 5.41) is 11.1. The van der Waals surface area contributed by atoms with Crippen molar-refractivity contribution in [3.63, 3.8) is 0 Å². The van der Waals surface area contributed by atoms with Crippen molar-refractivity contribution in [2.75, 3.05) is 18.4 Å². The molecule has 5 nitrogen and oxygen atoms in total. The van der Waals surface area contributed by atoms with E-state index in [2.05, 4.69) is 15.7 Å². The van der Waals surface area contributed by atoms with Crippen molar-refractivity contribution in [2.45, 2.75) is 12.8 Å². The van der Waals surface area contributed by atoms with Crippen LogP contribution in [0.1, 0.15) is 12.8 Å². The van der Waals surface area contributed by atoms with Crippen LogP contribution in [-0.2, 0) is 4.79 Å². The van der Waals surface area contributed by atoms with Gasteiger partial charge in [0.1, 0.15) is 5.82 Å². The third-order valence-electron chi connectivity index (χ3n) is 3.66. The van der Waals surface area contributed by atoms with Gasteiger partial charge in [-0.1, -0.05) is 17.7 Å². The van der Waals surface area contributed by atoms with Gasteiger partial charge in [0.2, 0.25) is 5.91 Å². The quantitative estimate of drug-likeness (QED) is 0.903. The first-order valence-corrected chi connectivity index (χ1v) is 7.43. The topological polar surface area (TPSA) is 59.0 Å². The summed E-state index contributed by atoms with van der Waals surface area (Å²) in [4.78, 5) is 12.3. The minimum absolute atomic E-state index is 0. The molecule has 0 unspecified atom stereocenters. The number of aromatic nitrogens is 2. The van der Waals surface area contributed by atoms with E-state index < -0.39 is 0 Å². The van der Waals surface area contributed by atoms with Crippen LogP contribution in [0.4, 0.5) is 5.82 Å². The Morgan fingerprint density at radius 1 is 1.32 bits per heavy atom. The van der Waals surface area contributed by atoms with E-state index in [0.29, 0.717) is 10.8 Å². The Kier molecular flexibility index (Phi) is 5.83. The Morgan fingerprint density at radius 3 is 2.82 bits per heavy atom. The predicted molar refractivity (Wildman–Crippen MR) is 90.0 cm³/mol. The SMILES string of the molecule is Cl.O=C(Nc1ccnn1-c1cccc(Cl)c1)C1CCNCC1. The highest BCUT2D eigenvalue weighted by molar-refractivity contribution is 6.30. The molecule has 1 saturated heterocycles. The number of hydrogen-bond donors (Lipinski definition) is 2. The average Bonchev–Trinajstić information content (AvgIpc) is 2.96. The molecule has 2 heterocycles. The molecular weight excluding hydrogens is 323 g/mol. The van der Waals surface area contributed by atoms with Crippen LogP contribution in [0.15, 0.2) is 36.5 Å². The molecule has 0 atom stereocenters. The molecule has 22 heavy (non-hydrogen) atoms. The van der Waals surface area contributed by atoms with Gasteiger partial charge in [-0.3, -0.25) is 4.79 Å². The van der Waals surface area contributed by atoms with Crippen LogP contribution < -0.4 is 10.6 Å². The summed E-state index contributed by atoms with van der Waals surface area (Å²) < 4.78 is 1.69. The van der Waals surface area contributed by atoms with Crippen LogP contribution in [0.2, 0.25) is 5.02 Å². The third-order valence-corrected chi connectivity index (χ3v) is 3.89. The number of amides is 1. The first-order valence-electron chi connectivity index (χ1n) is 7.05. The van der Waals surface area contributed by atoms with Gasteiger partial charge in [0.25, 0.3) is 0 Å². The van der Waals surface area contributed by atoms with E-state index in [1.54, 1.807) is 16.9 Å². The highest BCUT2D eigenvalue weighted by Gasteiger charge is 2.21. The maximum absolute atomic E-state index is 12.3. The normalized spacial score (nSPS) is 15.1. The number of carbonyl (C=O) groups is 1. The number of rotatable bonds is 3. The van der Waals surface area contributed by atoms with Crippen molar-refractivity contribution in [2.24, 2.45) is 5.92 Å². The number of nitrogens with one attached hydrogen (secondary N) is 2. The van der Waals surface area contributed by atoms with Gasteiger partial charge in [0, 0.05) is 17.0 Å². The second-order valence-corrected chi connectivity index (χ2v) is 5.56. The van der Waals surface area contributed by atoms with Gasteiger partial charge in [0.05, 0.1) is 11.9 Å². The van der Waals surface area contributed by atoms with E-state index >= 15 is 0 Å². The van der Waals surface area contributed by atoms with Gasteiger partial charge in [0.15, 0.2) is 0 Å². The summed E-state index contributed by atoms with van der Waals surface area (Å²) in [5.74, 6) is 0.787. The zero-order chi connectivity index (χ0) is 14.7. The molecule has 0 radical (unpaired) electrons. The number of piperidine rings is 1. The van der Waals surface area contributed by atoms with Gasteiger partial charge in [-0.15, -0.1) is 12.4 Å². The molecule has 2 N–H and O–H groups in total. The number of carbonyl (C=O) groups excluding carboxylic acids is 1. The van der Waals surface area contributed by atoms with E-state index in [-0.39, 0.29) is 24.2 Å². The van der Waals surface area contributed by atoms with Gasteiger partial charge < -0.3 is 10.6 Å². The fourth-order valence-corrected chi connectivity index (χ4v) is 2.71. The molecule has 1 aliphatic rings. The lowest BCUT2D eigenvalue weighted by Crippen LogP contribution is -2.35. The van der Waals surface area contributed by atoms with Crippen LogP contribution in [-0.4, -0.2) is 28.8 Å². The lowest BCUT2D eigenvalue weighted by Gasteiger charge is -2.21. The first-order chi connectivity index (χ1) is 10.2. The standard InChI is InChI=1S/C15H17ClN4O.ClH/c16-12-2-1-3-13(10-12)20-14(6-9-18-20)19-15(21)11-4-7-17-8-5-11;/h1-3,6,9-11,17H,4-5,7-8H2,(H,19,21);1H. The molecule has 1 fully saturated rings. The van der Waals surface area contributed by atoms with Crippen molar-refractivity contribution in [3.8, 4) is 5.69 Å². The molecule has 1 aliphatic heterocycles. The van der Waals surface area contributed by atoms with Crippen molar-refractivity contribution >= 4 is 35.7 Å². The summed E-state index contributed by atoms with van der Waals surface area (Å²) >= 11 is 6.01. The number of hydrogen-bond acceptors (Lipinski definition) is 3. The molecule has 0 saturated carbocycles. The molecule has 2 aromatic rings. The van der Waals surface area contributed by atoms with E-state index in [4.69, 9.17) is 11.6 Å². The zero-order valence-electron chi connectivity index (χ0n) is 12.0. The first kappa shape index (κ1) is 16.8. The van der Waals surface area contributed by atoms with E-state index in [0.717, 1.165) is 31.6 Å². The van der Waals surface area contributed by atoms with Crippen LogP contribution in [0.5, 0.6) is 0 Å². The average molecular weight is 341 g/mol. The van der Waals surface area contributed by atoms with E-state index in [1.165, 1.54) is 0 Å². The predicted octanol–water partition coefficient (Wildman–Crippen LogP) is 2.89. The zero-order valence-corrected chi connectivity index (χ0v) is 13.5. The minimum atomic E-state index is 0. The summed E-state index contributed by atoms with van der Waals surface area (Å²) in [5.41, 5.74) is 0.827. The largest absolute Gasteiger partial charge is 0.317 e. The fraction of sp³-hybridized carbons (Fsp3) is 0.333. The summed E-state index contributed by atoms with van der Waals surface area (Å²) in [6.45, 7) is 1.79. The summed E-state index contributed by atoms with van der Waals surface area (Å²) in [7, 11) is 0. The van der Waals surface area contributed by atoms with Crippen LogP contribution in [0.25, 0.3) is 5.69 Å². The lowest BCUT2D eigenvalue weighted by atomic mass is 9.97. The minimum Gasteiger partial charge on any atom is -0.317 e. The molecule has 0 bridgehead atoms. The van der Waals surface area contributed by atoms with Gasteiger partial charge >= 0.3 is 0 Å². The molecule has 7 heteroatoms. The Bertz CT molecular complexity index is 638. The maximum Gasteiger partial charge on any atom is 0.228 e. The lowest BCUT2D eigenvalue weighted by molar-refractivity contribution is -0.120. The summed E-state index contributed by atoms with van der Waals surface area (Å²) in [6, 6.07) is 9.17. The smallest absolute Gasteiger partial charge is 0.228 e. The van der Waals surface area contributed by atoms with E-state index in [9.17, 15) is 4.79 Å². The number of benzene rings is 1. The number of nitrogens with zero attached hydrogens (tertiary/aromatic N) is 2. The fourth-order valence-electron chi connectivity index (χ4n) is 2.52. The Balaban J connectivity index is 0.00000176. The van der Waals surface area contributed by atoms with Gasteiger partial charge in [-0.25, -0.2) is 4.68 Å². The Morgan fingerprint density at radius 2 is 2.09 bits per heavy atom. The second-order valence-electron chi connectivity index (χ2n) is 5.12. The van der Waals surface area contributed by atoms with Crippen molar-refractivity contribution in [1.82, 2.24) is 15.1 Å².